The summed E-state index contributed by atoms with van der Waals surface area (Å²) in [7, 11) is -0.329. The van der Waals surface area contributed by atoms with E-state index in [1.807, 2.05) is 0 Å². The van der Waals surface area contributed by atoms with Crippen molar-refractivity contribution in [2.24, 2.45) is 0 Å². The first-order valence-corrected chi connectivity index (χ1v) is 10.4. The molecule has 1 aromatic heterocycles. The third-order valence-corrected chi connectivity index (χ3v) is 6.98. The Hall–Kier alpha value is -2.48. The van der Waals surface area contributed by atoms with E-state index in [0.29, 0.717) is 48.8 Å². The van der Waals surface area contributed by atoms with Crippen molar-refractivity contribution < 1.29 is 27.1 Å². The number of likely N-dealkylation sites (tertiary alicyclic amines) is 1. The van der Waals surface area contributed by atoms with Crippen molar-refractivity contribution in [2.75, 3.05) is 27.3 Å². The Morgan fingerprint density at radius 3 is 2.26 bits per heavy atom. The molecule has 1 saturated heterocycles. The summed E-state index contributed by atoms with van der Waals surface area (Å²) >= 11 is 0. The topological polar surface area (TPSA) is 86.0 Å². The highest BCUT2D eigenvalue weighted by Crippen LogP contribution is 2.31. The first-order chi connectivity index (χ1) is 13.0. The number of rotatable bonds is 6. The Kier molecular flexibility index (Phi) is 5.74. The van der Waals surface area contributed by atoms with E-state index in [4.69, 9.17) is 13.9 Å². The van der Waals surface area contributed by atoms with E-state index in [-0.39, 0.29) is 11.7 Å². The van der Waals surface area contributed by atoms with Crippen molar-refractivity contribution in [1.29, 1.82) is 0 Å². The molecule has 1 aromatic carbocycles. The monoisotopic (exact) mass is 393 g/mol. The van der Waals surface area contributed by atoms with Gasteiger partial charge in [-0.05, 0) is 37.1 Å². The smallest absolute Gasteiger partial charge is 0.261 e. The zero-order chi connectivity index (χ0) is 19.4. The van der Waals surface area contributed by atoms with Crippen molar-refractivity contribution in [3.05, 3.63) is 47.9 Å². The molecule has 8 heteroatoms. The molecule has 0 bridgehead atoms. The second-order valence-corrected chi connectivity index (χ2v) is 8.70. The minimum Gasteiger partial charge on any atom is -0.496 e. The molecule has 1 fully saturated rings. The molecule has 0 atom stereocenters. The van der Waals surface area contributed by atoms with Crippen LogP contribution in [0.3, 0.4) is 0 Å². The highest BCUT2D eigenvalue weighted by atomic mass is 32.2. The first-order valence-electron chi connectivity index (χ1n) is 8.70. The number of amides is 1. The van der Waals surface area contributed by atoms with Crippen LogP contribution in [0.1, 0.15) is 29.0 Å². The van der Waals surface area contributed by atoms with Crippen LogP contribution in [-0.4, -0.2) is 51.8 Å². The molecule has 0 radical (unpaired) electrons. The Morgan fingerprint density at radius 1 is 1.11 bits per heavy atom. The van der Waals surface area contributed by atoms with Gasteiger partial charge in [0.15, 0.2) is 9.84 Å². The summed E-state index contributed by atoms with van der Waals surface area (Å²) in [5.41, 5.74) is 0.361. The highest BCUT2D eigenvalue weighted by molar-refractivity contribution is 7.91. The second-order valence-electron chi connectivity index (χ2n) is 6.42. The number of carbonyl (C=O) groups excluding carboxylic acids is 1. The van der Waals surface area contributed by atoms with Crippen LogP contribution in [0.4, 0.5) is 0 Å². The number of hydrogen-bond acceptors (Lipinski definition) is 6. The van der Waals surface area contributed by atoms with Gasteiger partial charge in [-0.15, -0.1) is 0 Å². The number of furan rings is 1. The van der Waals surface area contributed by atoms with E-state index >= 15 is 0 Å². The maximum absolute atomic E-state index is 13.0. The quantitative estimate of drug-likeness (QED) is 0.750. The van der Waals surface area contributed by atoms with Gasteiger partial charge in [0, 0.05) is 13.1 Å². The molecule has 1 aliphatic heterocycles. The van der Waals surface area contributed by atoms with Gasteiger partial charge in [-0.1, -0.05) is 6.07 Å². The molecule has 0 N–H and O–H groups in total. The maximum atomic E-state index is 13.0. The molecule has 0 saturated carbocycles. The zero-order valence-electron chi connectivity index (χ0n) is 15.4. The van der Waals surface area contributed by atoms with Crippen molar-refractivity contribution in [3.8, 4) is 11.5 Å². The van der Waals surface area contributed by atoms with Crippen molar-refractivity contribution in [1.82, 2.24) is 4.90 Å². The van der Waals surface area contributed by atoms with Gasteiger partial charge < -0.3 is 18.8 Å². The third kappa shape index (κ3) is 4.10. The number of sulfone groups is 1. The number of carbonyl (C=O) groups is 1. The SMILES string of the molecule is COc1cccc(OC)c1C(=O)N1CCC(S(=O)(=O)Cc2ccco2)CC1. The summed E-state index contributed by atoms with van der Waals surface area (Å²) in [6.07, 6.45) is 2.26. The summed E-state index contributed by atoms with van der Waals surface area (Å²) in [5, 5.41) is -0.480. The fourth-order valence-electron chi connectivity index (χ4n) is 3.35. The fraction of sp³-hybridized carbons (Fsp3) is 0.421. The van der Waals surface area contributed by atoms with Crippen molar-refractivity contribution in [3.63, 3.8) is 0 Å². The molecule has 0 spiro atoms. The van der Waals surface area contributed by atoms with Crippen LogP contribution in [0.25, 0.3) is 0 Å². The number of benzene rings is 1. The van der Waals surface area contributed by atoms with Crippen LogP contribution in [0.2, 0.25) is 0 Å². The van der Waals surface area contributed by atoms with Gasteiger partial charge >= 0.3 is 0 Å². The molecule has 2 aromatic rings. The number of ether oxygens (including phenoxy) is 2. The zero-order valence-corrected chi connectivity index (χ0v) is 16.2. The van der Waals surface area contributed by atoms with E-state index in [1.165, 1.54) is 20.5 Å². The molecule has 0 aliphatic carbocycles. The van der Waals surface area contributed by atoms with Crippen LogP contribution in [0.5, 0.6) is 11.5 Å². The third-order valence-electron chi connectivity index (χ3n) is 4.80. The minimum atomic E-state index is -3.33. The molecule has 146 valence electrons. The van der Waals surface area contributed by atoms with Crippen LogP contribution in [-0.2, 0) is 15.6 Å². The largest absolute Gasteiger partial charge is 0.496 e. The first kappa shape index (κ1) is 19.3. The van der Waals surface area contributed by atoms with Crippen LogP contribution < -0.4 is 9.47 Å². The Bertz CT molecular complexity index is 861. The molecule has 3 rings (SSSR count). The predicted octanol–water partition coefficient (Wildman–Crippen LogP) is 2.52. The standard InChI is InChI=1S/C19H23NO6S/c1-24-16-6-3-7-17(25-2)18(16)19(21)20-10-8-15(9-11-20)27(22,23)13-14-5-4-12-26-14/h3-7,12,15H,8-11,13H2,1-2H3. The molecule has 27 heavy (non-hydrogen) atoms. The predicted molar refractivity (Wildman–Crippen MR) is 99.8 cm³/mol. The summed E-state index contributed by atoms with van der Waals surface area (Å²) in [5.74, 6) is 0.983. The van der Waals surface area contributed by atoms with Gasteiger partial charge in [0.05, 0.1) is 25.7 Å². The lowest BCUT2D eigenvalue weighted by molar-refractivity contribution is 0.0718. The second kappa shape index (κ2) is 8.04. The normalized spacial score (nSPS) is 15.6. The molecule has 7 nitrogen and oxygen atoms in total. The van der Waals surface area contributed by atoms with Gasteiger partial charge in [-0.25, -0.2) is 8.42 Å². The lowest BCUT2D eigenvalue weighted by Gasteiger charge is -2.32. The van der Waals surface area contributed by atoms with Gasteiger partial charge in [0.1, 0.15) is 28.6 Å². The van der Waals surface area contributed by atoms with Crippen LogP contribution in [0.15, 0.2) is 41.0 Å². The molecule has 1 amide bonds. The molecular weight excluding hydrogens is 370 g/mol. The Labute approximate surface area is 158 Å². The number of piperidine rings is 1. The van der Waals surface area contributed by atoms with Gasteiger partial charge in [-0.2, -0.15) is 0 Å². The summed E-state index contributed by atoms with van der Waals surface area (Å²) < 4.78 is 41.0. The lowest BCUT2D eigenvalue weighted by atomic mass is 10.1. The fourth-order valence-corrected chi connectivity index (χ4v) is 5.07. The lowest BCUT2D eigenvalue weighted by Crippen LogP contribution is -2.43. The summed E-state index contributed by atoms with van der Waals surface area (Å²) in [4.78, 5) is 14.6. The van der Waals surface area contributed by atoms with E-state index in [1.54, 1.807) is 35.2 Å². The number of nitrogens with zero attached hydrogens (tertiary/aromatic N) is 1. The Morgan fingerprint density at radius 2 is 1.74 bits per heavy atom. The van der Waals surface area contributed by atoms with Crippen LogP contribution >= 0.6 is 0 Å². The summed E-state index contributed by atoms with van der Waals surface area (Å²) in [6.45, 7) is 0.726. The van der Waals surface area contributed by atoms with E-state index in [0.717, 1.165) is 0 Å². The van der Waals surface area contributed by atoms with Gasteiger partial charge in [0.25, 0.3) is 5.91 Å². The average molecular weight is 393 g/mol. The molecule has 2 heterocycles. The molecule has 0 unspecified atom stereocenters. The van der Waals surface area contributed by atoms with E-state index in [2.05, 4.69) is 0 Å². The maximum Gasteiger partial charge on any atom is 0.261 e. The van der Waals surface area contributed by atoms with Gasteiger partial charge in [0.2, 0.25) is 0 Å². The van der Waals surface area contributed by atoms with Gasteiger partial charge in [-0.3, -0.25) is 4.79 Å². The molecule has 1 aliphatic rings. The van der Waals surface area contributed by atoms with Crippen molar-refractivity contribution >= 4 is 15.7 Å². The Balaban J connectivity index is 1.70. The van der Waals surface area contributed by atoms with E-state index < -0.39 is 15.1 Å². The minimum absolute atomic E-state index is 0.112. The van der Waals surface area contributed by atoms with Crippen LogP contribution in [0, 0.1) is 0 Å². The highest BCUT2D eigenvalue weighted by Gasteiger charge is 2.33. The van der Waals surface area contributed by atoms with E-state index in [9.17, 15) is 13.2 Å². The average Bonchev–Trinajstić information content (AvgIpc) is 3.19. The molecular formula is C19H23NO6S. The number of hydrogen-bond donors (Lipinski definition) is 0. The summed E-state index contributed by atoms with van der Waals surface area (Å²) in [6, 6.07) is 8.49. The van der Waals surface area contributed by atoms with Crippen molar-refractivity contribution in [2.45, 2.75) is 23.8 Å². The number of methoxy groups -OCH3 is 2.